The van der Waals surface area contributed by atoms with E-state index in [0.29, 0.717) is 6.04 Å². The van der Waals surface area contributed by atoms with Crippen LogP contribution in [0.15, 0.2) is 0 Å². The Kier molecular flexibility index (Phi) is 10.4. The highest BCUT2D eigenvalue weighted by Gasteiger charge is 2.39. The normalized spacial score (nSPS) is 19.6. The molecule has 1 aliphatic rings. The van der Waals surface area contributed by atoms with Gasteiger partial charge in [0, 0.05) is 12.6 Å². The van der Waals surface area contributed by atoms with Crippen LogP contribution >= 0.6 is 0 Å². The van der Waals surface area contributed by atoms with E-state index >= 15 is 0 Å². The van der Waals surface area contributed by atoms with Crippen molar-refractivity contribution in [2.24, 2.45) is 0 Å². The van der Waals surface area contributed by atoms with Gasteiger partial charge in [-0.1, -0.05) is 71.6 Å². The van der Waals surface area contributed by atoms with Gasteiger partial charge in [0.25, 0.3) is 0 Å². The number of rotatable bonds is 12. The predicted octanol–water partition coefficient (Wildman–Crippen LogP) is 5.45. The number of unbranched alkanes of at least 4 members (excludes halogenated alkanes) is 5. The van der Waals surface area contributed by atoms with E-state index in [0.717, 1.165) is 13.2 Å². The molecule has 0 spiro atoms. The summed E-state index contributed by atoms with van der Waals surface area (Å²) in [5.74, 6) is 0. The minimum absolute atomic E-state index is 0.131. The summed E-state index contributed by atoms with van der Waals surface area (Å²) in [5.41, 5.74) is 0.131. The second kappa shape index (κ2) is 11.5. The van der Waals surface area contributed by atoms with E-state index in [4.69, 9.17) is 4.74 Å². The maximum absolute atomic E-state index is 6.32. The monoisotopic (exact) mass is 297 g/mol. The molecule has 1 N–H and O–H groups in total. The first-order valence-corrected chi connectivity index (χ1v) is 9.66. The lowest BCUT2D eigenvalue weighted by atomic mass is 9.77. The minimum Gasteiger partial charge on any atom is -0.374 e. The fraction of sp³-hybridized carbons (Fsp3) is 1.00. The molecule has 1 atom stereocenters. The molecule has 126 valence electrons. The van der Waals surface area contributed by atoms with Crippen LogP contribution in [0.5, 0.6) is 0 Å². The number of nitrogens with one attached hydrogen (secondary N) is 1. The minimum atomic E-state index is 0.131. The van der Waals surface area contributed by atoms with Crippen LogP contribution in [-0.2, 0) is 4.74 Å². The van der Waals surface area contributed by atoms with Gasteiger partial charge in [0.1, 0.15) is 0 Å². The van der Waals surface area contributed by atoms with Gasteiger partial charge in [-0.15, -0.1) is 0 Å². The van der Waals surface area contributed by atoms with Gasteiger partial charge < -0.3 is 10.1 Å². The predicted molar refractivity (Wildman–Crippen MR) is 92.9 cm³/mol. The molecule has 2 nitrogen and oxygen atoms in total. The van der Waals surface area contributed by atoms with Gasteiger partial charge in [-0.3, -0.25) is 0 Å². The van der Waals surface area contributed by atoms with Crippen molar-refractivity contribution in [2.75, 3.05) is 13.2 Å². The van der Waals surface area contributed by atoms with Crippen LogP contribution in [0.3, 0.4) is 0 Å². The first kappa shape index (κ1) is 19.0. The van der Waals surface area contributed by atoms with E-state index in [1.165, 1.54) is 77.0 Å². The fourth-order valence-corrected chi connectivity index (χ4v) is 3.96. The number of hydrogen-bond donors (Lipinski definition) is 1. The number of hydrogen-bond acceptors (Lipinski definition) is 2. The van der Waals surface area contributed by atoms with Crippen molar-refractivity contribution in [3.05, 3.63) is 0 Å². The molecule has 0 amide bonds. The van der Waals surface area contributed by atoms with E-state index in [1.54, 1.807) is 0 Å². The lowest BCUT2D eigenvalue weighted by Gasteiger charge is -2.44. The molecular formula is C19H39NO. The van der Waals surface area contributed by atoms with E-state index < -0.39 is 0 Å². The summed E-state index contributed by atoms with van der Waals surface area (Å²) in [4.78, 5) is 0. The molecular weight excluding hydrogens is 258 g/mol. The summed E-state index contributed by atoms with van der Waals surface area (Å²) in [6.45, 7) is 8.60. The van der Waals surface area contributed by atoms with E-state index in [-0.39, 0.29) is 5.60 Å². The third-order valence-corrected chi connectivity index (χ3v) is 5.06. The average molecular weight is 298 g/mol. The van der Waals surface area contributed by atoms with E-state index in [9.17, 15) is 0 Å². The van der Waals surface area contributed by atoms with Crippen molar-refractivity contribution < 1.29 is 4.74 Å². The van der Waals surface area contributed by atoms with Crippen LogP contribution < -0.4 is 5.32 Å². The molecule has 1 fully saturated rings. The van der Waals surface area contributed by atoms with Crippen molar-refractivity contribution in [1.82, 2.24) is 5.32 Å². The van der Waals surface area contributed by atoms with E-state index in [2.05, 4.69) is 26.1 Å². The van der Waals surface area contributed by atoms with Gasteiger partial charge >= 0.3 is 0 Å². The molecule has 0 bridgehead atoms. The second-order valence-corrected chi connectivity index (χ2v) is 6.73. The zero-order valence-corrected chi connectivity index (χ0v) is 14.9. The van der Waals surface area contributed by atoms with Crippen molar-refractivity contribution in [2.45, 2.75) is 109 Å². The highest BCUT2D eigenvalue weighted by Crippen LogP contribution is 2.36. The molecule has 1 unspecified atom stereocenters. The maximum atomic E-state index is 6.32. The van der Waals surface area contributed by atoms with Gasteiger partial charge in [0.15, 0.2) is 0 Å². The summed E-state index contributed by atoms with van der Waals surface area (Å²) in [5, 5.41) is 3.76. The molecule has 0 aromatic carbocycles. The molecule has 0 aromatic heterocycles. The summed E-state index contributed by atoms with van der Waals surface area (Å²) in [6, 6.07) is 0.564. The first-order valence-electron chi connectivity index (χ1n) is 9.66. The fourth-order valence-electron chi connectivity index (χ4n) is 3.96. The Morgan fingerprint density at radius 3 is 2.19 bits per heavy atom. The zero-order valence-electron chi connectivity index (χ0n) is 14.9. The maximum Gasteiger partial charge on any atom is 0.0834 e. The SMILES string of the molecule is CCCCCCCCC(NCC)C1(OCC)CCCCC1. The molecule has 0 aliphatic heterocycles. The van der Waals surface area contributed by atoms with Crippen molar-refractivity contribution in [1.29, 1.82) is 0 Å². The van der Waals surface area contributed by atoms with Crippen molar-refractivity contribution >= 4 is 0 Å². The lowest BCUT2D eigenvalue weighted by molar-refractivity contribution is -0.0915. The molecule has 2 heteroatoms. The van der Waals surface area contributed by atoms with Crippen LogP contribution in [0.4, 0.5) is 0 Å². The van der Waals surface area contributed by atoms with Gasteiger partial charge in [-0.2, -0.15) is 0 Å². The Morgan fingerprint density at radius 1 is 0.905 bits per heavy atom. The molecule has 1 rings (SSSR count). The Morgan fingerprint density at radius 2 is 1.57 bits per heavy atom. The van der Waals surface area contributed by atoms with Crippen LogP contribution in [0, 0.1) is 0 Å². The Bertz CT molecular complexity index is 230. The standard InChI is InChI=1S/C19H39NO/c1-4-7-8-9-10-12-15-18(20-5-2)19(21-6-3)16-13-11-14-17-19/h18,20H,4-17H2,1-3H3. The average Bonchev–Trinajstić information content (AvgIpc) is 2.51. The first-order chi connectivity index (χ1) is 10.3. The molecule has 1 aliphatic carbocycles. The summed E-state index contributed by atoms with van der Waals surface area (Å²) in [6.07, 6.45) is 16.2. The topological polar surface area (TPSA) is 21.3 Å². The number of ether oxygens (including phenoxy) is 1. The van der Waals surface area contributed by atoms with Gasteiger partial charge in [-0.05, 0) is 32.7 Å². The highest BCUT2D eigenvalue weighted by atomic mass is 16.5. The van der Waals surface area contributed by atoms with Crippen LogP contribution in [0.1, 0.15) is 97.8 Å². The van der Waals surface area contributed by atoms with Gasteiger partial charge in [0.2, 0.25) is 0 Å². The third-order valence-electron chi connectivity index (χ3n) is 5.06. The lowest BCUT2D eigenvalue weighted by Crippen LogP contribution is -2.53. The quantitative estimate of drug-likeness (QED) is 0.483. The molecule has 0 radical (unpaired) electrons. The molecule has 0 saturated heterocycles. The van der Waals surface area contributed by atoms with Crippen LogP contribution in [0.25, 0.3) is 0 Å². The second-order valence-electron chi connectivity index (χ2n) is 6.73. The van der Waals surface area contributed by atoms with E-state index in [1.807, 2.05) is 0 Å². The Labute approximate surface area is 133 Å². The van der Waals surface area contributed by atoms with Gasteiger partial charge in [-0.25, -0.2) is 0 Å². The van der Waals surface area contributed by atoms with Crippen LogP contribution in [0.2, 0.25) is 0 Å². The molecule has 0 heterocycles. The number of likely N-dealkylation sites (N-methyl/N-ethyl adjacent to an activating group) is 1. The summed E-state index contributed by atoms with van der Waals surface area (Å²) < 4.78 is 6.32. The van der Waals surface area contributed by atoms with Crippen molar-refractivity contribution in [3.63, 3.8) is 0 Å². The smallest absolute Gasteiger partial charge is 0.0834 e. The summed E-state index contributed by atoms with van der Waals surface area (Å²) in [7, 11) is 0. The summed E-state index contributed by atoms with van der Waals surface area (Å²) >= 11 is 0. The molecule has 1 saturated carbocycles. The van der Waals surface area contributed by atoms with Gasteiger partial charge in [0.05, 0.1) is 5.60 Å². The highest BCUT2D eigenvalue weighted by molar-refractivity contribution is 4.95. The third kappa shape index (κ3) is 6.69. The molecule has 0 aromatic rings. The Balaban J connectivity index is 2.44. The van der Waals surface area contributed by atoms with Crippen molar-refractivity contribution in [3.8, 4) is 0 Å². The Hall–Kier alpha value is -0.0800. The zero-order chi connectivity index (χ0) is 15.4. The largest absolute Gasteiger partial charge is 0.374 e. The van der Waals surface area contributed by atoms with Crippen LogP contribution in [-0.4, -0.2) is 24.8 Å². The molecule has 21 heavy (non-hydrogen) atoms.